The highest BCUT2D eigenvalue weighted by Crippen LogP contribution is 2.38. The molecule has 1 saturated heterocycles. The molecule has 1 aliphatic rings. The number of hydrogen-bond acceptors (Lipinski definition) is 3. The van der Waals surface area contributed by atoms with E-state index in [0.29, 0.717) is 13.2 Å². The first kappa shape index (κ1) is 16.0. The Morgan fingerprint density at radius 3 is 2.71 bits per heavy atom. The summed E-state index contributed by atoms with van der Waals surface area (Å²) < 4.78 is 5.16. The number of methoxy groups -OCH3 is 1. The molecule has 1 aliphatic heterocycles. The van der Waals surface area contributed by atoms with Crippen molar-refractivity contribution in [3.05, 3.63) is 35.4 Å². The van der Waals surface area contributed by atoms with E-state index in [2.05, 4.69) is 17.0 Å². The number of carboxylic acids is 1. The summed E-state index contributed by atoms with van der Waals surface area (Å²) in [5.74, 6) is -0.507. The minimum Gasteiger partial charge on any atom is -0.481 e. The van der Waals surface area contributed by atoms with E-state index in [1.54, 1.807) is 7.11 Å². The van der Waals surface area contributed by atoms with Crippen molar-refractivity contribution in [2.24, 2.45) is 11.3 Å². The van der Waals surface area contributed by atoms with Gasteiger partial charge in [-0.05, 0) is 30.0 Å². The predicted molar refractivity (Wildman–Crippen MR) is 82.0 cm³/mol. The molecule has 1 aromatic carbocycles. The number of carbonyl (C=O) groups is 1. The third-order valence-corrected chi connectivity index (χ3v) is 4.62. The van der Waals surface area contributed by atoms with Crippen molar-refractivity contribution in [2.45, 2.75) is 33.4 Å². The van der Waals surface area contributed by atoms with Crippen molar-refractivity contribution >= 4 is 5.97 Å². The van der Waals surface area contributed by atoms with Gasteiger partial charge >= 0.3 is 5.97 Å². The van der Waals surface area contributed by atoms with Gasteiger partial charge in [-0.1, -0.05) is 38.1 Å². The van der Waals surface area contributed by atoms with Crippen LogP contribution in [-0.4, -0.2) is 36.2 Å². The third kappa shape index (κ3) is 3.44. The average molecular weight is 291 g/mol. The zero-order chi connectivity index (χ0) is 15.5. The lowest BCUT2D eigenvalue weighted by molar-refractivity contribution is -0.151. The molecule has 1 N–H and O–H groups in total. The van der Waals surface area contributed by atoms with Gasteiger partial charge in [0.05, 0.1) is 12.0 Å². The zero-order valence-electron chi connectivity index (χ0n) is 13.1. The monoisotopic (exact) mass is 291 g/mol. The van der Waals surface area contributed by atoms with Crippen LogP contribution in [-0.2, 0) is 22.7 Å². The number of rotatable bonds is 6. The SMILES string of the molecule is COCc1cccc(CN2CCC(C(=O)O)(C(C)C)C2)c1. The van der Waals surface area contributed by atoms with Crippen LogP contribution in [0.15, 0.2) is 24.3 Å². The first-order valence-corrected chi connectivity index (χ1v) is 7.50. The van der Waals surface area contributed by atoms with E-state index < -0.39 is 11.4 Å². The van der Waals surface area contributed by atoms with Crippen LogP contribution in [0.4, 0.5) is 0 Å². The zero-order valence-corrected chi connectivity index (χ0v) is 13.1. The average Bonchev–Trinajstić information content (AvgIpc) is 2.85. The first-order chi connectivity index (χ1) is 9.98. The Balaban J connectivity index is 2.05. The second kappa shape index (κ2) is 6.58. The van der Waals surface area contributed by atoms with Crippen molar-refractivity contribution in [3.8, 4) is 0 Å². The van der Waals surface area contributed by atoms with E-state index in [1.807, 2.05) is 26.0 Å². The lowest BCUT2D eigenvalue weighted by Crippen LogP contribution is -2.39. The van der Waals surface area contributed by atoms with Gasteiger partial charge in [-0.15, -0.1) is 0 Å². The summed E-state index contributed by atoms with van der Waals surface area (Å²) in [4.78, 5) is 13.9. The summed E-state index contributed by atoms with van der Waals surface area (Å²) in [6.07, 6.45) is 0.734. The van der Waals surface area contributed by atoms with Gasteiger partial charge in [0, 0.05) is 20.2 Å². The van der Waals surface area contributed by atoms with Gasteiger partial charge in [0.1, 0.15) is 0 Å². The molecule has 116 valence electrons. The Labute approximate surface area is 126 Å². The fourth-order valence-corrected chi connectivity index (χ4v) is 3.19. The summed E-state index contributed by atoms with van der Waals surface area (Å²) in [6, 6.07) is 8.31. The van der Waals surface area contributed by atoms with E-state index in [1.165, 1.54) is 5.56 Å². The lowest BCUT2D eigenvalue weighted by Gasteiger charge is -2.28. The Kier molecular flexibility index (Phi) is 5.01. The van der Waals surface area contributed by atoms with Crippen LogP contribution in [0.5, 0.6) is 0 Å². The summed E-state index contributed by atoms with van der Waals surface area (Å²) in [5.41, 5.74) is 1.78. The van der Waals surface area contributed by atoms with Gasteiger partial charge in [-0.2, -0.15) is 0 Å². The minimum atomic E-state index is -0.659. The first-order valence-electron chi connectivity index (χ1n) is 7.50. The Bertz CT molecular complexity index is 501. The van der Waals surface area contributed by atoms with Gasteiger partial charge in [0.25, 0.3) is 0 Å². The summed E-state index contributed by atoms with van der Waals surface area (Å²) in [5, 5.41) is 9.59. The number of nitrogens with zero attached hydrogens (tertiary/aromatic N) is 1. The summed E-state index contributed by atoms with van der Waals surface area (Å²) >= 11 is 0. The van der Waals surface area contributed by atoms with Crippen molar-refractivity contribution < 1.29 is 14.6 Å². The second-order valence-electron chi connectivity index (χ2n) is 6.33. The standard InChI is InChI=1S/C17H25NO3/c1-13(2)17(16(19)20)7-8-18(12-17)10-14-5-4-6-15(9-14)11-21-3/h4-6,9,13H,7-8,10-12H2,1-3H3,(H,19,20). The molecule has 0 bridgehead atoms. The lowest BCUT2D eigenvalue weighted by atomic mass is 9.76. The minimum absolute atomic E-state index is 0.153. The van der Waals surface area contributed by atoms with Crippen LogP contribution in [0.1, 0.15) is 31.4 Å². The van der Waals surface area contributed by atoms with Gasteiger partial charge in [-0.3, -0.25) is 9.69 Å². The second-order valence-corrected chi connectivity index (χ2v) is 6.33. The molecule has 1 fully saturated rings. The van der Waals surface area contributed by atoms with Gasteiger partial charge in [0.2, 0.25) is 0 Å². The fourth-order valence-electron chi connectivity index (χ4n) is 3.19. The molecule has 1 atom stereocenters. The molecular formula is C17H25NO3. The number of hydrogen-bond donors (Lipinski definition) is 1. The van der Waals surface area contributed by atoms with Crippen LogP contribution in [0, 0.1) is 11.3 Å². The largest absolute Gasteiger partial charge is 0.481 e. The molecule has 0 spiro atoms. The van der Waals surface area contributed by atoms with Gasteiger partial charge in [-0.25, -0.2) is 0 Å². The van der Waals surface area contributed by atoms with Gasteiger partial charge < -0.3 is 9.84 Å². The number of ether oxygens (including phenoxy) is 1. The quantitative estimate of drug-likeness (QED) is 0.875. The van der Waals surface area contributed by atoms with Crippen molar-refractivity contribution in [2.75, 3.05) is 20.2 Å². The molecule has 1 aromatic rings. The van der Waals surface area contributed by atoms with Gasteiger partial charge in [0.15, 0.2) is 0 Å². The summed E-state index contributed by atoms with van der Waals surface area (Å²) in [7, 11) is 1.69. The highest BCUT2D eigenvalue weighted by atomic mass is 16.5. The molecular weight excluding hydrogens is 266 g/mol. The van der Waals surface area contributed by atoms with E-state index in [9.17, 15) is 9.90 Å². The van der Waals surface area contributed by atoms with Crippen molar-refractivity contribution in [3.63, 3.8) is 0 Å². The molecule has 0 aliphatic carbocycles. The molecule has 4 nitrogen and oxygen atoms in total. The molecule has 4 heteroatoms. The normalized spacial score (nSPS) is 22.9. The van der Waals surface area contributed by atoms with Crippen molar-refractivity contribution in [1.82, 2.24) is 4.90 Å². The highest BCUT2D eigenvalue weighted by molar-refractivity contribution is 5.75. The summed E-state index contributed by atoms with van der Waals surface area (Å²) in [6.45, 7) is 6.92. The molecule has 0 radical (unpaired) electrons. The van der Waals surface area contributed by atoms with Crippen LogP contribution < -0.4 is 0 Å². The van der Waals surface area contributed by atoms with E-state index in [4.69, 9.17) is 4.74 Å². The van der Waals surface area contributed by atoms with E-state index in [-0.39, 0.29) is 5.92 Å². The van der Waals surface area contributed by atoms with Crippen LogP contribution in [0.2, 0.25) is 0 Å². The molecule has 1 unspecified atom stereocenters. The van der Waals surface area contributed by atoms with Crippen molar-refractivity contribution in [1.29, 1.82) is 0 Å². The maximum Gasteiger partial charge on any atom is 0.311 e. The topological polar surface area (TPSA) is 49.8 Å². The third-order valence-electron chi connectivity index (χ3n) is 4.62. The molecule has 0 amide bonds. The predicted octanol–water partition coefficient (Wildman–Crippen LogP) is 2.77. The Morgan fingerprint density at radius 2 is 2.14 bits per heavy atom. The smallest absolute Gasteiger partial charge is 0.311 e. The number of benzene rings is 1. The maximum absolute atomic E-state index is 11.7. The Hall–Kier alpha value is -1.39. The Morgan fingerprint density at radius 1 is 1.43 bits per heavy atom. The number of carboxylic acid groups (broad SMARTS) is 1. The highest BCUT2D eigenvalue weighted by Gasteiger charge is 2.46. The van der Waals surface area contributed by atoms with Crippen LogP contribution >= 0.6 is 0 Å². The number of aliphatic carboxylic acids is 1. The fraction of sp³-hybridized carbons (Fsp3) is 0.588. The molecule has 21 heavy (non-hydrogen) atoms. The van der Waals surface area contributed by atoms with E-state index in [0.717, 1.165) is 25.1 Å². The molecule has 2 rings (SSSR count). The number of likely N-dealkylation sites (tertiary alicyclic amines) is 1. The molecule has 0 aromatic heterocycles. The molecule has 1 heterocycles. The van der Waals surface area contributed by atoms with Crippen LogP contribution in [0.25, 0.3) is 0 Å². The van der Waals surface area contributed by atoms with Crippen LogP contribution in [0.3, 0.4) is 0 Å². The van der Waals surface area contributed by atoms with E-state index >= 15 is 0 Å². The maximum atomic E-state index is 11.7. The molecule has 0 saturated carbocycles.